The predicted octanol–water partition coefficient (Wildman–Crippen LogP) is 3.18. The van der Waals surface area contributed by atoms with Crippen LogP contribution in [0.2, 0.25) is 0 Å². The molecule has 0 bridgehead atoms. The van der Waals surface area contributed by atoms with Crippen LogP contribution < -0.4 is 10.1 Å². The molecule has 4 nitrogen and oxygen atoms in total. The standard InChI is InChI=1S/C20H16N2O2/c1-2-12-24-18-8-5-15(6-9-18)14-22-20(23)17-7-10-19-16(13-17)4-3-11-21-19/h1,3-11,13H,12,14H2,(H,22,23). The van der Waals surface area contributed by atoms with Crippen molar-refractivity contribution in [3.05, 3.63) is 71.9 Å². The Bertz CT molecular complexity index is 895. The number of carbonyl (C=O) groups excluding carboxylic acids is 1. The molecule has 2 aromatic carbocycles. The summed E-state index contributed by atoms with van der Waals surface area (Å²) in [6.07, 6.45) is 6.89. The van der Waals surface area contributed by atoms with Crippen molar-refractivity contribution in [3.63, 3.8) is 0 Å². The molecule has 0 atom stereocenters. The van der Waals surface area contributed by atoms with Gasteiger partial charge in [0, 0.05) is 23.7 Å². The van der Waals surface area contributed by atoms with E-state index in [1.54, 1.807) is 12.3 Å². The van der Waals surface area contributed by atoms with E-state index in [9.17, 15) is 4.79 Å². The topological polar surface area (TPSA) is 51.2 Å². The van der Waals surface area contributed by atoms with Gasteiger partial charge in [0.25, 0.3) is 5.91 Å². The highest BCUT2D eigenvalue weighted by Crippen LogP contribution is 2.14. The number of fused-ring (bicyclic) bond motifs is 1. The Hall–Kier alpha value is -3.32. The van der Waals surface area contributed by atoms with Crippen molar-refractivity contribution < 1.29 is 9.53 Å². The second-order valence-electron chi connectivity index (χ2n) is 5.23. The molecule has 4 heteroatoms. The van der Waals surface area contributed by atoms with Gasteiger partial charge in [0.05, 0.1) is 5.52 Å². The highest BCUT2D eigenvalue weighted by Gasteiger charge is 2.06. The smallest absolute Gasteiger partial charge is 0.251 e. The van der Waals surface area contributed by atoms with E-state index < -0.39 is 0 Å². The molecule has 0 aliphatic carbocycles. The molecule has 118 valence electrons. The number of carbonyl (C=O) groups is 1. The van der Waals surface area contributed by atoms with Crippen LogP contribution in [0.5, 0.6) is 5.75 Å². The van der Waals surface area contributed by atoms with Gasteiger partial charge in [0.2, 0.25) is 0 Å². The van der Waals surface area contributed by atoms with Crippen molar-refractivity contribution >= 4 is 16.8 Å². The maximum Gasteiger partial charge on any atom is 0.251 e. The average molecular weight is 316 g/mol. The van der Waals surface area contributed by atoms with Gasteiger partial charge in [0.1, 0.15) is 12.4 Å². The summed E-state index contributed by atoms with van der Waals surface area (Å²) >= 11 is 0. The molecule has 0 radical (unpaired) electrons. The summed E-state index contributed by atoms with van der Waals surface area (Å²) in [5.74, 6) is 3.01. The summed E-state index contributed by atoms with van der Waals surface area (Å²) in [5, 5.41) is 3.85. The molecule has 0 aliphatic heterocycles. The maximum absolute atomic E-state index is 12.3. The molecule has 1 N–H and O–H groups in total. The van der Waals surface area contributed by atoms with E-state index in [-0.39, 0.29) is 12.5 Å². The Kier molecular flexibility index (Phi) is 4.73. The zero-order valence-corrected chi connectivity index (χ0v) is 13.0. The number of terminal acetylenes is 1. The lowest BCUT2D eigenvalue weighted by Gasteiger charge is -2.07. The van der Waals surface area contributed by atoms with Gasteiger partial charge in [0.15, 0.2) is 0 Å². The molecule has 24 heavy (non-hydrogen) atoms. The lowest BCUT2D eigenvalue weighted by Crippen LogP contribution is -2.22. The zero-order valence-electron chi connectivity index (χ0n) is 13.0. The van der Waals surface area contributed by atoms with E-state index >= 15 is 0 Å². The Morgan fingerprint density at radius 3 is 2.79 bits per heavy atom. The summed E-state index contributed by atoms with van der Waals surface area (Å²) < 4.78 is 5.32. The fourth-order valence-electron chi connectivity index (χ4n) is 2.33. The number of benzene rings is 2. The van der Waals surface area contributed by atoms with Crippen LogP contribution >= 0.6 is 0 Å². The summed E-state index contributed by atoms with van der Waals surface area (Å²) in [5.41, 5.74) is 2.47. The number of hydrogen-bond donors (Lipinski definition) is 1. The van der Waals surface area contributed by atoms with Gasteiger partial charge in [-0.15, -0.1) is 6.42 Å². The number of nitrogens with one attached hydrogen (secondary N) is 1. The maximum atomic E-state index is 12.3. The third kappa shape index (κ3) is 3.71. The van der Waals surface area contributed by atoms with Gasteiger partial charge >= 0.3 is 0 Å². The molecule has 1 amide bonds. The number of rotatable bonds is 5. The second kappa shape index (κ2) is 7.30. The molecular weight excluding hydrogens is 300 g/mol. The summed E-state index contributed by atoms with van der Waals surface area (Å²) in [7, 11) is 0. The lowest BCUT2D eigenvalue weighted by molar-refractivity contribution is 0.0951. The van der Waals surface area contributed by atoms with Crippen LogP contribution in [-0.2, 0) is 6.54 Å². The Labute approximate surface area is 140 Å². The highest BCUT2D eigenvalue weighted by molar-refractivity contribution is 5.97. The van der Waals surface area contributed by atoms with Gasteiger partial charge in [-0.2, -0.15) is 0 Å². The Balaban J connectivity index is 1.63. The van der Waals surface area contributed by atoms with Crippen molar-refractivity contribution in [1.82, 2.24) is 10.3 Å². The first kappa shape index (κ1) is 15.6. The van der Waals surface area contributed by atoms with Crippen molar-refractivity contribution in [2.45, 2.75) is 6.54 Å². The van der Waals surface area contributed by atoms with Crippen molar-refractivity contribution in [1.29, 1.82) is 0 Å². The van der Waals surface area contributed by atoms with Crippen LogP contribution in [-0.4, -0.2) is 17.5 Å². The molecule has 1 aromatic heterocycles. The van der Waals surface area contributed by atoms with Crippen LogP contribution in [0.4, 0.5) is 0 Å². The summed E-state index contributed by atoms with van der Waals surface area (Å²) in [6, 6.07) is 16.7. The monoisotopic (exact) mass is 316 g/mol. The highest BCUT2D eigenvalue weighted by atomic mass is 16.5. The van der Waals surface area contributed by atoms with Gasteiger partial charge in [-0.1, -0.05) is 24.1 Å². The van der Waals surface area contributed by atoms with Crippen LogP contribution in [0, 0.1) is 12.3 Å². The SMILES string of the molecule is C#CCOc1ccc(CNC(=O)c2ccc3ncccc3c2)cc1. The molecule has 1 heterocycles. The predicted molar refractivity (Wildman–Crippen MR) is 93.7 cm³/mol. The zero-order chi connectivity index (χ0) is 16.8. The first-order valence-electron chi connectivity index (χ1n) is 7.54. The van der Waals surface area contributed by atoms with Crippen LogP contribution in [0.1, 0.15) is 15.9 Å². The third-order valence-electron chi connectivity index (χ3n) is 3.56. The fraction of sp³-hybridized carbons (Fsp3) is 0.100. The van der Waals surface area contributed by atoms with E-state index in [1.807, 2.05) is 48.5 Å². The van der Waals surface area contributed by atoms with Crippen LogP contribution in [0.25, 0.3) is 10.9 Å². The van der Waals surface area contributed by atoms with E-state index in [4.69, 9.17) is 11.2 Å². The van der Waals surface area contributed by atoms with E-state index in [0.717, 1.165) is 16.5 Å². The van der Waals surface area contributed by atoms with Crippen LogP contribution in [0.15, 0.2) is 60.8 Å². The Morgan fingerprint density at radius 1 is 1.17 bits per heavy atom. The molecule has 0 saturated heterocycles. The quantitative estimate of drug-likeness (QED) is 0.736. The van der Waals surface area contributed by atoms with Crippen molar-refractivity contribution in [2.24, 2.45) is 0 Å². The molecule has 0 aliphatic rings. The average Bonchev–Trinajstić information content (AvgIpc) is 2.65. The third-order valence-corrected chi connectivity index (χ3v) is 3.56. The van der Waals surface area contributed by atoms with E-state index in [2.05, 4.69) is 16.2 Å². The lowest BCUT2D eigenvalue weighted by atomic mass is 10.1. The number of nitrogens with zero attached hydrogens (tertiary/aromatic N) is 1. The van der Waals surface area contributed by atoms with E-state index in [0.29, 0.717) is 17.9 Å². The molecule has 3 rings (SSSR count). The molecule has 3 aromatic rings. The molecule has 0 spiro atoms. The fourth-order valence-corrected chi connectivity index (χ4v) is 2.33. The first-order valence-corrected chi connectivity index (χ1v) is 7.54. The minimum Gasteiger partial charge on any atom is -0.481 e. The minimum absolute atomic E-state index is 0.117. The number of hydrogen-bond acceptors (Lipinski definition) is 3. The Morgan fingerprint density at radius 2 is 2.00 bits per heavy atom. The van der Waals surface area contributed by atoms with Crippen molar-refractivity contribution in [2.75, 3.05) is 6.61 Å². The molecule has 0 unspecified atom stereocenters. The normalized spacial score (nSPS) is 10.1. The van der Waals surface area contributed by atoms with E-state index in [1.165, 1.54) is 0 Å². The first-order chi connectivity index (χ1) is 11.8. The van der Waals surface area contributed by atoms with Crippen molar-refractivity contribution in [3.8, 4) is 18.1 Å². The van der Waals surface area contributed by atoms with Gasteiger partial charge in [-0.3, -0.25) is 9.78 Å². The van der Waals surface area contributed by atoms with Gasteiger partial charge in [-0.05, 0) is 42.0 Å². The number of aromatic nitrogens is 1. The summed E-state index contributed by atoms with van der Waals surface area (Å²) in [6.45, 7) is 0.687. The molecule has 0 saturated carbocycles. The molecular formula is C20H16N2O2. The van der Waals surface area contributed by atoms with Gasteiger partial charge < -0.3 is 10.1 Å². The second-order valence-corrected chi connectivity index (χ2v) is 5.23. The molecule has 0 fully saturated rings. The number of pyridine rings is 1. The minimum atomic E-state index is -0.117. The summed E-state index contributed by atoms with van der Waals surface area (Å²) in [4.78, 5) is 16.5. The largest absolute Gasteiger partial charge is 0.481 e. The van der Waals surface area contributed by atoms with Gasteiger partial charge in [-0.25, -0.2) is 0 Å². The van der Waals surface area contributed by atoms with Crippen LogP contribution in [0.3, 0.4) is 0 Å². The number of ether oxygens (including phenoxy) is 1. The number of amides is 1.